The highest BCUT2D eigenvalue weighted by Crippen LogP contribution is 2.35. The largest absolute Gasteiger partial charge is 0.293 e. The monoisotopic (exact) mass is 326 g/mol. The Labute approximate surface area is 144 Å². The summed E-state index contributed by atoms with van der Waals surface area (Å²) in [6.07, 6.45) is 1.61. The summed E-state index contributed by atoms with van der Waals surface area (Å²) in [4.78, 5) is 15.6. The highest BCUT2D eigenvalue weighted by atomic mass is 16.1. The average Bonchev–Trinajstić information content (AvgIpc) is 3.03. The molecule has 0 fully saturated rings. The number of aromatic nitrogens is 3. The molecule has 0 aliphatic rings. The fourth-order valence-electron chi connectivity index (χ4n) is 2.96. The van der Waals surface area contributed by atoms with Crippen molar-refractivity contribution >= 4 is 11.2 Å². The van der Waals surface area contributed by atoms with Crippen molar-refractivity contribution in [2.45, 2.75) is 6.92 Å². The molecule has 4 rings (SSSR count). The van der Waals surface area contributed by atoms with Gasteiger partial charge in [0.2, 0.25) is 0 Å². The standard InChI is InChI=1S/C20H14N4O/c1-13-3-5-15(6-4-13)19-17(14-7-9-16(21-2)10-8-14)11-18-20(25)23-22-12-24(18)19/h3-12H,1H3,(H,23,25). The SMILES string of the molecule is [C-]#[N+]c1ccc(-c2cc3c(=O)[nH]ncn3c2-c2ccc(C)cc2)cc1. The Morgan fingerprint density at radius 3 is 2.40 bits per heavy atom. The molecule has 0 saturated carbocycles. The number of fused-ring (bicyclic) bond motifs is 1. The number of nitrogens with one attached hydrogen (secondary N) is 1. The summed E-state index contributed by atoms with van der Waals surface area (Å²) in [5.74, 6) is 0. The molecule has 0 spiro atoms. The van der Waals surface area contributed by atoms with Gasteiger partial charge in [-0.15, -0.1) is 0 Å². The van der Waals surface area contributed by atoms with E-state index in [0.29, 0.717) is 11.2 Å². The molecule has 0 atom stereocenters. The molecule has 2 aromatic heterocycles. The third-order valence-corrected chi connectivity index (χ3v) is 4.24. The van der Waals surface area contributed by atoms with E-state index >= 15 is 0 Å². The topological polar surface area (TPSA) is 54.5 Å². The van der Waals surface area contributed by atoms with Crippen molar-refractivity contribution in [2.75, 3.05) is 0 Å². The van der Waals surface area contributed by atoms with Crippen LogP contribution in [0, 0.1) is 13.5 Å². The summed E-state index contributed by atoms with van der Waals surface area (Å²) in [6, 6.07) is 17.4. The minimum atomic E-state index is -0.236. The first-order chi connectivity index (χ1) is 12.2. The molecule has 0 bridgehead atoms. The van der Waals surface area contributed by atoms with Crippen LogP contribution in [0.4, 0.5) is 5.69 Å². The van der Waals surface area contributed by atoms with Crippen molar-refractivity contribution in [3.8, 4) is 22.4 Å². The molecule has 0 amide bonds. The number of rotatable bonds is 2. The van der Waals surface area contributed by atoms with E-state index in [0.717, 1.165) is 22.4 Å². The van der Waals surface area contributed by atoms with E-state index in [1.807, 2.05) is 53.8 Å². The molecule has 0 radical (unpaired) electrons. The molecule has 2 heterocycles. The van der Waals surface area contributed by atoms with Gasteiger partial charge >= 0.3 is 0 Å². The Morgan fingerprint density at radius 2 is 1.72 bits per heavy atom. The Bertz CT molecular complexity index is 1160. The van der Waals surface area contributed by atoms with Crippen molar-refractivity contribution in [1.82, 2.24) is 14.6 Å². The minimum absolute atomic E-state index is 0.236. The minimum Gasteiger partial charge on any atom is -0.293 e. The van der Waals surface area contributed by atoms with E-state index in [4.69, 9.17) is 6.57 Å². The van der Waals surface area contributed by atoms with Crippen LogP contribution in [0.5, 0.6) is 0 Å². The second kappa shape index (κ2) is 5.77. The van der Waals surface area contributed by atoms with Crippen LogP contribution in [0.15, 0.2) is 65.7 Å². The van der Waals surface area contributed by atoms with Crippen LogP contribution in [-0.4, -0.2) is 14.6 Å². The van der Waals surface area contributed by atoms with Crippen LogP contribution < -0.4 is 5.56 Å². The molecular formula is C20H14N4O. The third-order valence-electron chi connectivity index (χ3n) is 4.24. The van der Waals surface area contributed by atoms with E-state index in [1.165, 1.54) is 5.56 Å². The zero-order chi connectivity index (χ0) is 17.4. The third kappa shape index (κ3) is 2.50. The summed E-state index contributed by atoms with van der Waals surface area (Å²) in [5.41, 5.74) is 5.85. The van der Waals surface area contributed by atoms with Crippen molar-refractivity contribution in [3.05, 3.63) is 88.3 Å². The Balaban J connectivity index is 2.04. The maximum absolute atomic E-state index is 12.2. The Kier molecular flexibility index (Phi) is 3.44. The zero-order valence-corrected chi connectivity index (χ0v) is 13.5. The van der Waals surface area contributed by atoms with Crippen LogP contribution in [0.25, 0.3) is 32.7 Å². The fourth-order valence-corrected chi connectivity index (χ4v) is 2.96. The molecule has 0 aliphatic carbocycles. The van der Waals surface area contributed by atoms with Crippen LogP contribution >= 0.6 is 0 Å². The van der Waals surface area contributed by atoms with Gasteiger partial charge in [0, 0.05) is 5.56 Å². The molecule has 25 heavy (non-hydrogen) atoms. The van der Waals surface area contributed by atoms with Gasteiger partial charge in [0.15, 0.2) is 5.69 Å². The first-order valence-corrected chi connectivity index (χ1v) is 7.81. The number of aromatic amines is 1. The maximum Gasteiger partial charge on any atom is 0.288 e. The molecule has 5 nitrogen and oxygen atoms in total. The quantitative estimate of drug-likeness (QED) is 0.561. The Hall–Kier alpha value is -3.65. The smallest absolute Gasteiger partial charge is 0.288 e. The highest BCUT2D eigenvalue weighted by molar-refractivity contribution is 5.87. The summed E-state index contributed by atoms with van der Waals surface area (Å²) in [6.45, 7) is 9.14. The first kappa shape index (κ1) is 14.9. The second-order valence-corrected chi connectivity index (χ2v) is 5.87. The molecule has 2 aromatic carbocycles. The van der Waals surface area contributed by atoms with E-state index in [9.17, 15) is 4.79 Å². The van der Waals surface area contributed by atoms with Crippen molar-refractivity contribution in [3.63, 3.8) is 0 Å². The van der Waals surface area contributed by atoms with Crippen LogP contribution in [-0.2, 0) is 0 Å². The van der Waals surface area contributed by atoms with Crippen molar-refractivity contribution < 1.29 is 0 Å². The first-order valence-electron chi connectivity index (χ1n) is 7.81. The molecule has 120 valence electrons. The molecule has 0 unspecified atom stereocenters. The lowest BCUT2D eigenvalue weighted by atomic mass is 10.0. The normalized spacial score (nSPS) is 10.7. The van der Waals surface area contributed by atoms with Crippen LogP contribution in [0.1, 0.15) is 5.56 Å². The molecule has 0 saturated heterocycles. The van der Waals surface area contributed by atoms with Gasteiger partial charge in [-0.05, 0) is 24.1 Å². The lowest BCUT2D eigenvalue weighted by Gasteiger charge is -2.08. The van der Waals surface area contributed by atoms with E-state index in [1.54, 1.807) is 18.5 Å². The van der Waals surface area contributed by atoms with Gasteiger partial charge in [0.05, 0.1) is 12.3 Å². The molecule has 1 N–H and O–H groups in total. The number of hydrogen-bond acceptors (Lipinski definition) is 2. The highest BCUT2D eigenvalue weighted by Gasteiger charge is 2.16. The summed E-state index contributed by atoms with van der Waals surface area (Å²) < 4.78 is 1.81. The lowest BCUT2D eigenvalue weighted by Crippen LogP contribution is -2.10. The van der Waals surface area contributed by atoms with E-state index in [2.05, 4.69) is 15.0 Å². The van der Waals surface area contributed by atoms with Crippen molar-refractivity contribution in [2.24, 2.45) is 0 Å². The maximum atomic E-state index is 12.2. The van der Waals surface area contributed by atoms with Gasteiger partial charge in [0.25, 0.3) is 5.56 Å². The summed E-state index contributed by atoms with van der Waals surface area (Å²) in [5, 5.41) is 6.42. The van der Waals surface area contributed by atoms with Gasteiger partial charge in [0.1, 0.15) is 11.8 Å². The fraction of sp³-hybridized carbons (Fsp3) is 0.0500. The van der Waals surface area contributed by atoms with Gasteiger partial charge in [-0.1, -0.05) is 54.1 Å². The van der Waals surface area contributed by atoms with Gasteiger partial charge in [-0.2, -0.15) is 5.10 Å². The summed E-state index contributed by atoms with van der Waals surface area (Å²) in [7, 11) is 0. The number of benzene rings is 2. The number of nitrogens with zero attached hydrogens (tertiary/aromatic N) is 3. The predicted molar refractivity (Wildman–Crippen MR) is 97.7 cm³/mol. The number of hydrogen-bond donors (Lipinski definition) is 1. The zero-order valence-electron chi connectivity index (χ0n) is 13.5. The van der Waals surface area contributed by atoms with Crippen LogP contribution in [0.2, 0.25) is 0 Å². The Morgan fingerprint density at radius 1 is 1.04 bits per heavy atom. The number of H-pyrrole nitrogens is 1. The van der Waals surface area contributed by atoms with E-state index in [-0.39, 0.29) is 5.56 Å². The molecule has 4 aromatic rings. The van der Waals surface area contributed by atoms with Gasteiger partial charge < -0.3 is 0 Å². The molecule has 5 heteroatoms. The summed E-state index contributed by atoms with van der Waals surface area (Å²) >= 11 is 0. The number of aryl methyl sites for hydroxylation is 1. The van der Waals surface area contributed by atoms with Crippen LogP contribution in [0.3, 0.4) is 0 Å². The van der Waals surface area contributed by atoms with Gasteiger partial charge in [-0.25, -0.2) is 9.94 Å². The van der Waals surface area contributed by atoms with Crippen molar-refractivity contribution in [1.29, 1.82) is 0 Å². The molecular weight excluding hydrogens is 312 g/mol. The second-order valence-electron chi connectivity index (χ2n) is 5.87. The average molecular weight is 326 g/mol. The lowest BCUT2D eigenvalue weighted by molar-refractivity contribution is 0.923. The van der Waals surface area contributed by atoms with Gasteiger partial charge in [-0.3, -0.25) is 9.20 Å². The van der Waals surface area contributed by atoms with E-state index < -0.39 is 0 Å². The molecule has 0 aliphatic heterocycles. The predicted octanol–water partition coefficient (Wildman–Crippen LogP) is 4.22.